The maximum absolute atomic E-state index is 13.4. The third-order valence-corrected chi connectivity index (χ3v) is 5.82. The smallest absolute Gasteiger partial charge is 0.330 e. The number of nitro groups is 1. The van der Waals surface area contributed by atoms with Gasteiger partial charge >= 0.3 is 6.03 Å². The van der Waals surface area contributed by atoms with Crippen molar-refractivity contribution in [2.75, 3.05) is 18.0 Å². The first-order valence-corrected chi connectivity index (χ1v) is 9.11. The summed E-state index contributed by atoms with van der Waals surface area (Å²) in [6.45, 7) is 2.75. The van der Waals surface area contributed by atoms with Crippen molar-refractivity contribution >= 4 is 29.2 Å². The number of nitro benzene ring substituents is 1. The van der Waals surface area contributed by atoms with Crippen LogP contribution in [0.2, 0.25) is 0 Å². The van der Waals surface area contributed by atoms with Crippen LogP contribution in [0.5, 0.6) is 0 Å². The second-order valence-corrected chi connectivity index (χ2v) is 7.29. The van der Waals surface area contributed by atoms with Gasteiger partial charge in [0.05, 0.1) is 11.0 Å². The number of urea groups is 1. The first kappa shape index (κ1) is 17.4. The maximum atomic E-state index is 13.4. The first-order valence-electron chi connectivity index (χ1n) is 9.11. The average molecular weight is 372 g/mol. The molecule has 9 heteroatoms. The van der Waals surface area contributed by atoms with E-state index in [2.05, 4.69) is 5.32 Å². The van der Waals surface area contributed by atoms with Crippen molar-refractivity contribution in [1.82, 2.24) is 10.2 Å². The number of hydrogen-bond donors (Lipinski definition) is 1. The Labute approximate surface area is 155 Å². The van der Waals surface area contributed by atoms with Crippen molar-refractivity contribution < 1.29 is 19.3 Å². The minimum absolute atomic E-state index is 0.0589. The number of benzene rings is 1. The summed E-state index contributed by atoms with van der Waals surface area (Å²) in [7, 11) is 0. The number of nitrogens with one attached hydrogen (secondary N) is 1. The molecule has 3 aliphatic rings. The van der Waals surface area contributed by atoms with Crippen LogP contribution < -0.4 is 10.2 Å². The molecule has 2 saturated heterocycles. The van der Waals surface area contributed by atoms with Crippen molar-refractivity contribution in [3.63, 3.8) is 0 Å². The standard InChI is InChI=1S/C18H20N4O5/c1-2-7-21-16(24)18(15(23)19-17(21)25)10-11-9-12(22(26)27)5-6-13(11)20-8-3-4-14(18)20/h5-6,9,14H,2-4,7-8,10H2,1H3,(H,19,23,25)/t14-,18-/m0/s1. The number of amides is 4. The van der Waals surface area contributed by atoms with Crippen LogP contribution in [0.1, 0.15) is 31.7 Å². The molecule has 1 aromatic carbocycles. The van der Waals surface area contributed by atoms with E-state index < -0.39 is 28.2 Å². The molecule has 1 aromatic rings. The largest absolute Gasteiger partial charge is 0.367 e. The van der Waals surface area contributed by atoms with Crippen LogP contribution >= 0.6 is 0 Å². The summed E-state index contributed by atoms with van der Waals surface area (Å²) >= 11 is 0. The third kappa shape index (κ3) is 2.34. The average Bonchev–Trinajstić information content (AvgIpc) is 3.13. The summed E-state index contributed by atoms with van der Waals surface area (Å²) in [4.78, 5) is 52.3. The summed E-state index contributed by atoms with van der Waals surface area (Å²) in [5.74, 6) is -1.09. The topological polar surface area (TPSA) is 113 Å². The van der Waals surface area contributed by atoms with Crippen molar-refractivity contribution in [3.05, 3.63) is 33.9 Å². The zero-order chi connectivity index (χ0) is 19.3. The van der Waals surface area contributed by atoms with Gasteiger partial charge in [-0.1, -0.05) is 6.92 Å². The summed E-state index contributed by atoms with van der Waals surface area (Å²) in [6.07, 6.45) is 2.11. The van der Waals surface area contributed by atoms with E-state index in [1.165, 1.54) is 12.1 Å². The Morgan fingerprint density at radius 2 is 2.11 bits per heavy atom. The molecule has 142 valence electrons. The van der Waals surface area contributed by atoms with Gasteiger partial charge in [-0.15, -0.1) is 0 Å². The molecule has 0 aliphatic carbocycles. The third-order valence-electron chi connectivity index (χ3n) is 5.82. The molecule has 3 heterocycles. The second-order valence-electron chi connectivity index (χ2n) is 7.29. The van der Waals surface area contributed by atoms with Gasteiger partial charge in [0.2, 0.25) is 11.8 Å². The monoisotopic (exact) mass is 372 g/mol. The first-order chi connectivity index (χ1) is 12.9. The number of carbonyl (C=O) groups excluding carboxylic acids is 3. The zero-order valence-corrected chi connectivity index (χ0v) is 14.9. The fourth-order valence-electron chi connectivity index (χ4n) is 4.68. The number of carbonyl (C=O) groups is 3. The second kappa shape index (κ2) is 6.04. The van der Waals surface area contributed by atoms with E-state index in [0.717, 1.165) is 17.0 Å². The van der Waals surface area contributed by atoms with Gasteiger partial charge in [0.15, 0.2) is 5.41 Å². The van der Waals surface area contributed by atoms with Gasteiger partial charge < -0.3 is 4.90 Å². The molecule has 3 aliphatic heterocycles. The number of imide groups is 2. The lowest BCUT2D eigenvalue weighted by Crippen LogP contribution is -2.71. The highest BCUT2D eigenvalue weighted by Crippen LogP contribution is 2.48. The van der Waals surface area contributed by atoms with E-state index in [1.807, 2.05) is 11.8 Å². The molecule has 4 amide bonds. The van der Waals surface area contributed by atoms with Crippen LogP contribution in [0.25, 0.3) is 0 Å². The highest BCUT2D eigenvalue weighted by molar-refractivity contribution is 6.20. The van der Waals surface area contributed by atoms with Gasteiger partial charge in [-0.3, -0.25) is 29.9 Å². The van der Waals surface area contributed by atoms with Crippen LogP contribution in [0.3, 0.4) is 0 Å². The van der Waals surface area contributed by atoms with Crippen LogP contribution in [-0.4, -0.2) is 46.8 Å². The Morgan fingerprint density at radius 1 is 1.33 bits per heavy atom. The predicted octanol–water partition coefficient (Wildman–Crippen LogP) is 1.59. The molecular weight excluding hydrogens is 352 g/mol. The highest BCUT2D eigenvalue weighted by atomic mass is 16.6. The minimum atomic E-state index is -1.43. The summed E-state index contributed by atoms with van der Waals surface area (Å²) in [5.41, 5.74) is -0.0847. The van der Waals surface area contributed by atoms with E-state index in [4.69, 9.17) is 0 Å². The van der Waals surface area contributed by atoms with E-state index >= 15 is 0 Å². The summed E-state index contributed by atoms with van der Waals surface area (Å²) in [5, 5.41) is 13.5. The number of barbiturate groups is 1. The van der Waals surface area contributed by atoms with E-state index in [0.29, 0.717) is 24.9 Å². The van der Waals surface area contributed by atoms with E-state index in [9.17, 15) is 24.5 Å². The van der Waals surface area contributed by atoms with Gasteiger partial charge in [-0.05, 0) is 30.9 Å². The van der Waals surface area contributed by atoms with Gasteiger partial charge in [0.25, 0.3) is 5.69 Å². The van der Waals surface area contributed by atoms with Gasteiger partial charge in [-0.2, -0.15) is 0 Å². The molecule has 0 unspecified atom stereocenters. The van der Waals surface area contributed by atoms with Crippen LogP contribution in [0.15, 0.2) is 18.2 Å². The predicted molar refractivity (Wildman–Crippen MR) is 95.1 cm³/mol. The molecule has 1 spiro atoms. The van der Waals surface area contributed by atoms with Crippen molar-refractivity contribution in [2.24, 2.45) is 5.41 Å². The lowest BCUT2D eigenvalue weighted by Gasteiger charge is -2.49. The molecule has 2 fully saturated rings. The molecule has 9 nitrogen and oxygen atoms in total. The minimum Gasteiger partial charge on any atom is -0.367 e. The fourth-order valence-corrected chi connectivity index (χ4v) is 4.68. The Bertz CT molecular complexity index is 869. The molecule has 1 N–H and O–H groups in total. The normalized spacial score (nSPS) is 26.9. The lowest BCUT2D eigenvalue weighted by molar-refractivity contribution is -0.384. The van der Waals surface area contributed by atoms with Crippen LogP contribution in [0, 0.1) is 15.5 Å². The molecular formula is C18H20N4O5. The SMILES string of the molecule is CCCN1C(=O)NC(=O)[C@@]2(Cc3cc([N+](=O)[O-])ccc3N3CCC[C@H]32)C1=O. The number of nitrogens with zero attached hydrogens (tertiary/aromatic N) is 3. The van der Waals surface area contributed by atoms with Crippen molar-refractivity contribution in [1.29, 1.82) is 0 Å². The van der Waals surface area contributed by atoms with Crippen LogP contribution in [-0.2, 0) is 16.0 Å². The molecule has 4 rings (SSSR count). The fraction of sp³-hybridized carbons (Fsp3) is 0.500. The number of anilines is 1. The molecule has 0 radical (unpaired) electrons. The van der Waals surface area contributed by atoms with Gasteiger partial charge in [0.1, 0.15) is 0 Å². The van der Waals surface area contributed by atoms with Gasteiger partial charge in [-0.25, -0.2) is 4.79 Å². The van der Waals surface area contributed by atoms with Crippen molar-refractivity contribution in [2.45, 2.75) is 38.6 Å². The number of non-ortho nitro benzene ring substituents is 1. The van der Waals surface area contributed by atoms with Crippen molar-refractivity contribution in [3.8, 4) is 0 Å². The van der Waals surface area contributed by atoms with E-state index in [1.54, 1.807) is 6.07 Å². The zero-order valence-electron chi connectivity index (χ0n) is 14.9. The Morgan fingerprint density at radius 3 is 2.81 bits per heavy atom. The van der Waals surface area contributed by atoms with Crippen LogP contribution in [0.4, 0.5) is 16.2 Å². The Kier molecular flexibility index (Phi) is 3.90. The number of fused-ring (bicyclic) bond motifs is 4. The number of rotatable bonds is 3. The highest BCUT2D eigenvalue weighted by Gasteiger charge is 2.62. The number of hydrogen-bond acceptors (Lipinski definition) is 6. The molecule has 0 aromatic heterocycles. The lowest BCUT2D eigenvalue weighted by atomic mass is 9.68. The molecule has 27 heavy (non-hydrogen) atoms. The molecule has 0 saturated carbocycles. The quantitative estimate of drug-likeness (QED) is 0.490. The molecule has 2 atom stereocenters. The Balaban J connectivity index is 1.86. The Hall–Kier alpha value is -2.97. The molecule has 0 bridgehead atoms. The van der Waals surface area contributed by atoms with E-state index in [-0.39, 0.29) is 24.7 Å². The summed E-state index contributed by atoms with van der Waals surface area (Å²) < 4.78 is 0. The van der Waals surface area contributed by atoms with Gasteiger partial charge in [0, 0.05) is 37.3 Å². The summed E-state index contributed by atoms with van der Waals surface area (Å²) in [6, 6.07) is 3.53. The maximum Gasteiger partial charge on any atom is 0.330 e.